The van der Waals surface area contributed by atoms with E-state index in [0.29, 0.717) is 0 Å². The first-order valence-electron chi connectivity index (χ1n) is 14.8. The molecule has 2 aliphatic carbocycles. The van der Waals surface area contributed by atoms with Gasteiger partial charge in [-0.1, -0.05) is 115 Å². The first-order valence-corrected chi connectivity index (χ1v) is 14.8. The van der Waals surface area contributed by atoms with Crippen molar-refractivity contribution in [2.24, 2.45) is 0 Å². The summed E-state index contributed by atoms with van der Waals surface area (Å²) in [4.78, 5) is 0. The third-order valence-corrected chi connectivity index (χ3v) is 9.40. The summed E-state index contributed by atoms with van der Waals surface area (Å²) in [6.07, 6.45) is 11.6. The van der Waals surface area contributed by atoms with Crippen LogP contribution >= 0.6 is 0 Å². The van der Waals surface area contributed by atoms with Crippen molar-refractivity contribution in [1.82, 2.24) is 4.57 Å². The van der Waals surface area contributed by atoms with Gasteiger partial charge in [-0.2, -0.15) is 0 Å². The molecule has 0 bridgehead atoms. The van der Waals surface area contributed by atoms with Crippen molar-refractivity contribution >= 4 is 65.9 Å². The number of aryl methyl sites for hydroxylation is 1. The molecule has 0 saturated carbocycles. The fourth-order valence-corrected chi connectivity index (χ4v) is 7.50. The van der Waals surface area contributed by atoms with Crippen molar-refractivity contribution in [3.8, 4) is 0 Å². The number of benzene rings is 6. The van der Waals surface area contributed by atoms with E-state index in [1.54, 1.807) is 0 Å². The first-order chi connectivity index (χ1) is 20.3. The van der Waals surface area contributed by atoms with E-state index >= 15 is 0 Å². The maximum Gasteiger partial charge on any atom is 0.0622 e. The Hall–Kier alpha value is -4.88. The number of nitrogens with zero attached hydrogens (tertiary/aromatic N) is 1. The molecule has 0 fully saturated rings. The molecule has 1 aromatic heterocycles. The topological polar surface area (TPSA) is 4.93 Å². The molecule has 0 aliphatic heterocycles. The number of aromatic nitrogens is 1. The van der Waals surface area contributed by atoms with Crippen LogP contribution in [-0.4, -0.2) is 4.57 Å². The van der Waals surface area contributed by atoms with Crippen LogP contribution in [0.1, 0.15) is 30.4 Å². The zero-order valence-corrected chi connectivity index (χ0v) is 22.9. The summed E-state index contributed by atoms with van der Waals surface area (Å²) >= 11 is 0. The van der Waals surface area contributed by atoms with Crippen molar-refractivity contribution in [3.05, 3.63) is 144 Å². The lowest BCUT2D eigenvalue weighted by molar-refractivity contribution is 0.874. The number of allylic oxidation sites excluding steroid dienone is 5. The third kappa shape index (κ3) is 3.36. The summed E-state index contributed by atoms with van der Waals surface area (Å²) in [5.41, 5.74) is 9.86. The highest BCUT2D eigenvalue weighted by Crippen LogP contribution is 2.46. The predicted octanol–water partition coefficient (Wildman–Crippen LogP) is 10.8. The minimum Gasteiger partial charge on any atom is -0.312 e. The molecular formula is C40H29N. The van der Waals surface area contributed by atoms with Gasteiger partial charge in [0.2, 0.25) is 0 Å². The van der Waals surface area contributed by atoms with Crippen LogP contribution in [0.2, 0.25) is 0 Å². The second-order valence-electron chi connectivity index (χ2n) is 11.5. The average Bonchev–Trinajstić information content (AvgIpc) is 3.41. The van der Waals surface area contributed by atoms with Crippen LogP contribution in [0.5, 0.6) is 0 Å². The fraction of sp³-hybridized carbons (Fsp3) is 0.100. The lowest BCUT2D eigenvalue weighted by Gasteiger charge is -2.23. The first kappa shape index (κ1) is 22.9. The van der Waals surface area contributed by atoms with Gasteiger partial charge in [0.15, 0.2) is 0 Å². The lowest BCUT2D eigenvalue weighted by atomic mass is 9.85. The minimum absolute atomic E-state index is 1.03. The molecule has 6 aromatic carbocycles. The van der Waals surface area contributed by atoms with Crippen LogP contribution in [-0.2, 0) is 6.42 Å². The Balaban J connectivity index is 1.35. The average molecular weight is 524 g/mol. The molecule has 2 aliphatic rings. The third-order valence-electron chi connectivity index (χ3n) is 9.40. The largest absolute Gasteiger partial charge is 0.312 e. The highest BCUT2D eigenvalue weighted by Gasteiger charge is 2.23. The molecule has 0 radical (unpaired) electrons. The number of hydrogen-bond donors (Lipinski definition) is 0. The fourth-order valence-electron chi connectivity index (χ4n) is 7.50. The van der Waals surface area contributed by atoms with Gasteiger partial charge in [-0.25, -0.2) is 0 Å². The minimum atomic E-state index is 1.03. The Morgan fingerprint density at radius 1 is 0.463 bits per heavy atom. The number of fused-ring (bicyclic) bond motifs is 11. The van der Waals surface area contributed by atoms with Gasteiger partial charge >= 0.3 is 0 Å². The quantitative estimate of drug-likeness (QED) is 0.199. The number of hydrogen-bond acceptors (Lipinski definition) is 0. The maximum absolute atomic E-state index is 2.59. The Morgan fingerprint density at radius 2 is 1.15 bits per heavy atom. The number of rotatable bonds is 2. The van der Waals surface area contributed by atoms with Gasteiger partial charge in [0.25, 0.3) is 0 Å². The molecule has 0 atom stereocenters. The van der Waals surface area contributed by atoms with Gasteiger partial charge in [0.05, 0.1) is 11.0 Å². The van der Waals surface area contributed by atoms with E-state index in [-0.39, 0.29) is 0 Å². The van der Waals surface area contributed by atoms with Gasteiger partial charge in [-0.15, -0.1) is 0 Å². The van der Waals surface area contributed by atoms with Crippen LogP contribution < -0.4 is 0 Å². The van der Waals surface area contributed by atoms with Gasteiger partial charge in [0.1, 0.15) is 0 Å². The maximum atomic E-state index is 2.59. The second kappa shape index (κ2) is 8.81. The summed E-state index contributed by atoms with van der Waals surface area (Å²) in [5.74, 6) is 0. The zero-order valence-electron chi connectivity index (χ0n) is 22.9. The summed E-state index contributed by atoms with van der Waals surface area (Å²) in [6, 6.07) is 40.3. The van der Waals surface area contributed by atoms with Gasteiger partial charge < -0.3 is 4.57 Å². The van der Waals surface area contributed by atoms with Gasteiger partial charge in [0, 0.05) is 21.9 Å². The molecule has 7 aromatic rings. The molecule has 1 heteroatoms. The molecule has 194 valence electrons. The molecule has 0 spiro atoms. The van der Waals surface area contributed by atoms with E-state index in [1.807, 2.05) is 0 Å². The van der Waals surface area contributed by atoms with E-state index in [1.165, 1.54) is 82.1 Å². The van der Waals surface area contributed by atoms with Crippen molar-refractivity contribution in [3.63, 3.8) is 0 Å². The monoisotopic (exact) mass is 523 g/mol. The summed E-state index contributed by atoms with van der Waals surface area (Å²) in [5, 5.41) is 10.7. The molecule has 1 nitrogen and oxygen atoms in total. The van der Waals surface area contributed by atoms with Gasteiger partial charge in [-0.3, -0.25) is 0 Å². The Labute approximate surface area is 239 Å². The molecule has 0 saturated heterocycles. The molecular weight excluding hydrogens is 494 g/mol. The smallest absolute Gasteiger partial charge is 0.0622 e. The van der Waals surface area contributed by atoms with Gasteiger partial charge in [-0.05, 0) is 87.0 Å². The van der Waals surface area contributed by atoms with E-state index in [4.69, 9.17) is 0 Å². The summed E-state index contributed by atoms with van der Waals surface area (Å²) < 4.78 is 2.59. The zero-order chi connectivity index (χ0) is 26.9. The van der Waals surface area contributed by atoms with Crippen LogP contribution in [0.3, 0.4) is 0 Å². The predicted molar refractivity (Wildman–Crippen MR) is 176 cm³/mol. The highest BCUT2D eigenvalue weighted by molar-refractivity contribution is 6.36. The molecule has 1 heterocycles. The van der Waals surface area contributed by atoms with Crippen molar-refractivity contribution in [2.45, 2.75) is 25.7 Å². The second-order valence-corrected chi connectivity index (χ2v) is 11.5. The standard InChI is InChI=1S/C40H29N/c1-2-11-29-25-30(18-17-26(29)9-1)27-19-22-31(23-20-27)41-37-24-21-28-10-3-4-12-32(28)38(37)39-35-15-7-5-13-33(35)34-14-6-8-16-36(34)40(39)41/h1-16,19,21-22,24-25H,17-18,20,23H2. The van der Waals surface area contributed by atoms with E-state index in [2.05, 4.69) is 132 Å². The van der Waals surface area contributed by atoms with Crippen LogP contribution in [0.15, 0.2) is 132 Å². The van der Waals surface area contributed by atoms with Crippen molar-refractivity contribution in [1.29, 1.82) is 0 Å². The Kier molecular flexibility index (Phi) is 4.92. The van der Waals surface area contributed by atoms with Crippen LogP contribution in [0.4, 0.5) is 0 Å². The molecule has 0 unspecified atom stereocenters. The highest BCUT2D eigenvalue weighted by atomic mass is 15.0. The van der Waals surface area contributed by atoms with Crippen molar-refractivity contribution < 1.29 is 0 Å². The molecule has 0 amide bonds. The van der Waals surface area contributed by atoms with Crippen LogP contribution in [0.25, 0.3) is 65.9 Å². The lowest BCUT2D eigenvalue weighted by Crippen LogP contribution is -2.06. The molecule has 41 heavy (non-hydrogen) atoms. The normalized spacial score (nSPS) is 15.4. The molecule has 0 N–H and O–H groups in total. The van der Waals surface area contributed by atoms with E-state index in [9.17, 15) is 0 Å². The summed E-state index contributed by atoms with van der Waals surface area (Å²) in [7, 11) is 0. The summed E-state index contributed by atoms with van der Waals surface area (Å²) in [6.45, 7) is 0. The Morgan fingerprint density at radius 3 is 1.98 bits per heavy atom. The SMILES string of the molecule is C1=C(C2=Cc3ccccc3CC2)CCC(n2c3ccc4ccccc4c3c3c4ccccc4c4ccccc4c32)=C1. The Bertz CT molecular complexity index is 2300. The van der Waals surface area contributed by atoms with E-state index < -0.39 is 0 Å². The van der Waals surface area contributed by atoms with Crippen molar-refractivity contribution in [2.75, 3.05) is 0 Å². The van der Waals surface area contributed by atoms with Crippen LogP contribution in [0, 0.1) is 0 Å². The van der Waals surface area contributed by atoms with E-state index in [0.717, 1.165) is 25.7 Å². The molecule has 9 rings (SSSR count).